The van der Waals surface area contributed by atoms with E-state index in [9.17, 15) is 9.90 Å². The van der Waals surface area contributed by atoms with Crippen molar-refractivity contribution in [1.82, 2.24) is 19.8 Å². The average Bonchev–Trinajstić information content (AvgIpc) is 2.86. The van der Waals surface area contributed by atoms with Gasteiger partial charge in [-0.25, -0.2) is 4.98 Å². The Morgan fingerprint density at radius 3 is 2.68 bits per heavy atom. The van der Waals surface area contributed by atoms with Crippen molar-refractivity contribution in [2.24, 2.45) is 5.92 Å². The molecule has 0 bridgehead atoms. The number of carbonyl (C=O) groups excluding carboxylic acids is 1. The second-order valence-electron chi connectivity index (χ2n) is 9.12. The molecule has 3 atom stereocenters. The molecule has 7 heteroatoms. The number of likely N-dealkylation sites (N-methyl/N-ethyl adjacent to an activating group) is 1. The summed E-state index contributed by atoms with van der Waals surface area (Å²) in [5, 5.41) is 9.85. The summed E-state index contributed by atoms with van der Waals surface area (Å²) in [7, 11) is 2.05. The second-order valence-corrected chi connectivity index (χ2v) is 9.12. The molecule has 34 heavy (non-hydrogen) atoms. The monoisotopic (exact) mass is 460 g/mol. The Morgan fingerprint density at radius 1 is 1.18 bits per heavy atom. The van der Waals surface area contributed by atoms with Crippen LogP contribution in [0.1, 0.15) is 29.8 Å². The molecule has 0 saturated heterocycles. The van der Waals surface area contributed by atoms with Gasteiger partial charge in [0.2, 0.25) is 5.88 Å². The first-order valence-electron chi connectivity index (χ1n) is 11.7. The van der Waals surface area contributed by atoms with Gasteiger partial charge < -0.3 is 14.7 Å². The van der Waals surface area contributed by atoms with Crippen molar-refractivity contribution in [1.29, 1.82) is 0 Å². The summed E-state index contributed by atoms with van der Waals surface area (Å²) in [4.78, 5) is 26.3. The first-order valence-corrected chi connectivity index (χ1v) is 11.7. The molecular weight excluding hydrogens is 428 g/mol. The molecule has 3 aromatic rings. The zero-order chi connectivity index (χ0) is 24.1. The van der Waals surface area contributed by atoms with Crippen LogP contribution in [-0.4, -0.2) is 69.7 Å². The Hall–Kier alpha value is -3.29. The van der Waals surface area contributed by atoms with Gasteiger partial charge in [0, 0.05) is 49.7 Å². The topological polar surface area (TPSA) is 78.8 Å². The third-order valence-corrected chi connectivity index (χ3v) is 6.30. The molecule has 1 aliphatic rings. The fraction of sp³-hybridized carbons (Fsp3) is 0.370. The quantitative estimate of drug-likeness (QED) is 0.582. The van der Waals surface area contributed by atoms with Gasteiger partial charge in [-0.15, -0.1) is 0 Å². The van der Waals surface area contributed by atoms with Crippen LogP contribution in [0.2, 0.25) is 0 Å². The predicted molar refractivity (Wildman–Crippen MR) is 131 cm³/mol. The lowest BCUT2D eigenvalue weighted by atomic mass is 9.99. The first kappa shape index (κ1) is 23.9. The lowest BCUT2D eigenvalue weighted by Crippen LogP contribution is -2.49. The van der Waals surface area contributed by atoms with Gasteiger partial charge in [0.15, 0.2) is 0 Å². The minimum atomic E-state index is -0.310. The lowest BCUT2D eigenvalue weighted by Gasteiger charge is -2.37. The standard InChI is InChI=1S/C27H32N4O3/c1-19-15-31(20(2)18-32)27(33)24-12-23(22-9-5-4-6-10-22)14-29-26(24)34-25(19)17-30(3)16-21-8-7-11-28-13-21/h4-14,19-20,25,32H,15-18H2,1-3H3/t19-,20+,25-/m0/s1. The van der Waals surface area contributed by atoms with Crippen molar-refractivity contribution in [3.8, 4) is 17.0 Å². The minimum Gasteiger partial charge on any atom is -0.472 e. The molecule has 0 saturated carbocycles. The molecule has 0 fully saturated rings. The van der Waals surface area contributed by atoms with Crippen LogP contribution in [0, 0.1) is 5.92 Å². The van der Waals surface area contributed by atoms with Crippen LogP contribution in [0.4, 0.5) is 0 Å². The molecule has 4 rings (SSSR count). The molecule has 1 amide bonds. The fourth-order valence-electron chi connectivity index (χ4n) is 4.28. The van der Waals surface area contributed by atoms with Crippen molar-refractivity contribution in [3.05, 3.63) is 78.2 Å². The number of benzene rings is 1. The Bertz CT molecular complexity index is 1090. The highest BCUT2D eigenvalue weighted by atomic mass is 16.5. The van der Waals surface area contributed by atoms with E-state index >= 15 is 0 Å². The van der Waals surface area contributed by atoms with Crippen LogP contribution in [0.3, 0.4) is 0 Å². The number of carbonyl (C=O) groups is 1. The maximum absolute atomic E-state index is 13.6. The molecule has 7 nitrogen and oxygen atoms in total. The van der Waals surface area contributed by atoms with E-state index in [1.54, 1.807) is 17.3 Å². The summed E-state index contributed by atoms with van der Waals surface area (Å²) in [6.45, 7) is 5.73. The molecule has 1 aliphatic heterocycles. The van der Waals surface area contributed by atoms with Gasteiger partial charge in [0.1, 0.15) is 11.7 Å². The zero-order valence-corrected chi connectivity index (χ0v) is 20.0. The predicted octanol–water partition coefficient (Wildman–Crippen LogP) is 3.50. The van der Waals surface area contributed by atoms with E-state index in [4.69, 9.17) is 4.74 Å². The molecule has 178 valence electrons. The second kappa shape index (κ2) is 10.8. The number of pyridine rings is 2. The van der Waals surface area contributed by atoms with Gasteiger partial charge in [-0.3, -0.25) is 14.7 Å². The number of nitrogens with zero attached hydrogens (tertiary/aromatic N) is 4. The largest absolute Gasteiger partial charge is 0.472 e. The van der Waals surface area contributed by atoms with Gasteiger partial charge in [0.25, 0.3) is 5.91 Å². The fourth-order valence-corrected chi connectivity index (χ4v) is 4.28. The van der Waals surface area contributed by atoms with Crippen LogP contribution in [-0.2, 0) is 6.54 Å². The highest BCUT2D eigenvalue weighted by Gasteiger charge is 2.34. The van der Waals surface area contributed by atoms with Crippen LogP contribution in [0.5, 0.6) is 5.88 Å². The van der Waals surface area contributed by atoms with Crippen molar-refractivity contribution < 1.29 is 14.6 Å². The lowest BCUT2D eigenvalue weighted by molar-refractivity contribution is 0.0325. The van der Waals surface area contributed by atoms with Crippen molar-refractivity contribution in [2.75, 3.05) is 26.7 Å². The normalized spacial score (nSPS) is 19.2. The number of fused-ring (bicyclic) bond motifs is 1. The van der Waals surface area contributed by atoms with E-state index in [0.29, 0.717) is 24.5 Å². The third kappa shape index (κ3) is 5.43. The summed E-state index contributed by atoms with van der Waals surface area (Å²) < 4.78 is 6.40. The van der Waals surface area contributed by atoms with Crippen LogP contribution < -0.4 is 4.74 Å². The van der Waals surface area contributed by atoms with E-state index in [-0.39, 0.29) is 30.6 Å². The van der Waals surface area contributed by atoms with Crippen LogP contribution in [0.15, 0.2) is 67.1 Å². The highest BCUT2D eigenvalue weighted by Crippen LogP contribution is 2.30. The van der Waals surface area contributed by atoms with E-state index in [1.165, 1.54) is 0 Å². The molecule has 0 unspecified atom stereocenters. The van der Waals surface area contributed by atoms with Crippen molar-refractivity contribution in [2.45, 2.75) is 32.5 Å². The Balaban J connectivity index is 1.65. The molecule has 1 aromatic carbocycles. The van der Waals surface area contributed by atoms with Gasteiger partial charge in [-0.1, -0.05) is 43.3 Å². The Kier molecular flexibility index (Phi) is 7.55. The molecule has 0 aliphatic carbocycles. The number of rotatable bonds is 7. The van der Waals surface area contributed by atoms with Gasteiger partial charge in [-0.05, 0) is 37.2 Å². The molecule has 0 spiro atoms. The molecule has 2 aromatic heterocycles. The summed E-state index contributed by atoms with van der Waals surface area (Å²) in [5.74, 6) is 0.208. The SMILES string of the molecule is C[C@H](CO)N1C[C@H](C)[C@H](CN(C)Cc2cccnc2)Oc2ncc(-c3ccccc3)cc2C1=O. The number of amides is 1. The maximum Gasteiger partial charge on any atom is 0.259 e. The maximum atomic E-state index is 13.6. The number of hydrogen-bond acceptors (Lipinski definition) is 6. The average molecular weight is 461 g/mol. The Morgan fingerprint density at radius 2 is 1.97 bits per heavy atom. The van der Waals surface area contributed by atoms with E-state index in [1.807, 2.05) is 62.6 Å². The molecule has 3 heterocycles. The summed E-state index contributed by atoms with van der Waals surface area (Å²) in [5.41, 5.74) is 3.39. The minimum absolute atomic E-state index is 0.0399. The summed E-state index contributed by atoms with van der Waals surface area (Å²) in [6.07, 6.45) is 5.20. The molecular formula is C27H32N4O3. The summed E-state index contributed by atoms with van der Waals surface area (Å²) in [6, 6.07) is 15.4. The van der Waals surface area contributed by atoms with Gasteiger partial charge in [-0.2, -0.15) is 0 Å². The van der Waals surface area contributed by atoms with Crippen LogP contribution >= 0.6 is 0 Å². The number of hydrogen-bond donors (Lipinski definition) is 1. The van der Waals surface area contributed by atoms with E-state index in [2.05, 4.69) is 27.9 Å². The first-order chi connectivity index (χ1) is 16.5. The van der Waals surface area contributed by atoms with Gasteiger partial charge in [0.05, 0.1) is 12.6 Å². The third-order valence-electron chi connectivity index (χ3n) is 6.30. The number of ether oxygens (including phenoxy) is 1. The van der Waals surface area contributed by atoms with E-state index < -0.39 is 0 Å². The number of aromatic nitrogens is 2. The zero-order valence-electron chi connectivity index (χ0n) is 20.0. The van der Waals surface area contributed by atoms with Crippen molar-refractivity contribution in [3.63, 3.8) is 0 Å². The van der Waals surface area contributed by atoms with E-state index in [0.717, 1.165) is 23.2 Å². The summed E-state index contributed by atoms with van der Waals surface area (Å²) >= 11 is 0. The number of aliphatic hydroxyl groups is 1. The van der Waals surface area contributed by atoms with Crippen LogP contribution in [0.25, 0.3) is 11.1 Å². The number of aliphatic hydroxyl groups excluding tert-OH is 1. The molecule has 1 N–H and O–H groups in total. The van der Waals surface area contributed by atoms with Gasteiger partial charge >= 0.3 is 0 Å². The highest BCUT2D eigenvalue weighted by molar-refractivity contribution is 5.98. The van der Waals surface area contributed by atoms with Crippen molar-refractivity contribution >= 4 is 5.91 Å². The smallest absolute Gasteiger partial charge is 0.259 e. The Labute approximate surface area is 201 Å². The molecule has 0 radical (unpaired) electrons.